The molecule has 23 heavy (non-hydrogen) atoms. The standard InChI is InChI=1S/C16H27N3O3S/c1-4-23(20,21)17-13-16(19-9-11-22-12-10-19)14-5-7-15(8-6-14)18(2)3/h5-8,16-17H,4,9-13H2,1-3H3/t16-/m0/s1. The van der Waals surface area contributed by atoms with Crippen LogP contribution >= 0.6 is 0 Å². The lowest BCUT2D eigenvalue weighted by atomic mass is 10.0. The molecule has 0 unspecified atom stereocenters. The molecule has 1 heterocycles. The van der Waals surface area contributed by atoms with Gasteiger partial charge in [0.15, 0.2) is 0 Å². The molecule has 0 aliphatic carbocycles. The fraction of sp³-hybridized carbons (Fsp3) is 0.625. The molecule has 1 atom stereocenters. The Kier molecular flexibility index (Phi) is 6.41. The zero-order chi connectivity index (χ0) is 16.9. The molecule has 2 rings (SSSR count). The molecule has 0 bridgehead atoms. The van der Waals surface area contributed by atoms with Crippen molar-refractivity contribution in [3.05, 3.63) is 29.8 Å². The van der Waals surface area contributed by atoms with Gasteiger partial charge in [0, 0.05) is 45.5 Å². The number of hydrogen-bond donors (Lipinski definition) is 1. The predicted molar refractivity (Wildman–Crippen MR) is 93.4 cm³/mol. The molecule has 0 spiro atoms. The number of nitrogens with one attached hydrogen (secondary N) is 1. The summed E-state index contributed by atoms with van der Waals surface area (Å²) < 4.78 is 31.7. The Hall–Kier alpha value is -1.15. The lowest BCUT2D eigenvalue weighted by Gasteiger charge is -2.35. The van der Waals surface area contributed by atoms with E-state index in [0.717, 1.165) is 24.3 Å². The van der Waals surface area contributed by atoms with Crippen LogP contribution in [0.25, 0.3) is 0 Å². The third-order valence-corrected chi connectivity index (χ3v) is 5.52. The molecule has 1 fully saturated rings. The number of sulfonamides is 1. The maximum Gasteiger partial charge on any atom is 0.211 e. The average Bonchev–Trinajstić information content (AvgIpc) is 2.56. The summed E-state index contributed by atoms with van der Waals surface area (Å²) in [7, 11) is 0.809. The Labute approximate surface area is 139 Å². The fourth-order valence-corrected chi connectivity index (χ4v) is 3.27. The highest BCUT2D eigenvalue weighted by molar-refractivity contribution is 7.89. The molecule has 0 aromatic heterocycles. The summed E-state index contributed by atoms with van der Waals surface area (Å²) in [6.07, 6.45) is 0. The topological polar surface area (TPSA) is 61.9 Å². The quantitative estimate of drug-likeness (QED) is 0.804. The van der Waals surface area contributed by atoms with Gasteiger partial charge in [0.05, 0.1) is 19.0 Å². The Balaban J connectivity index is 2.17. The van der Waals surface area contributed by atoms with Crippen molar-refractivity contribution < 1.29 is 13.2 Å². The van der Waals surface area contributed by atoms with Crippen molar-refractivity contribution in [2.75, 3.05) is 57.6 Å². The van der Waals surface area contributed by atoms with Gasteiger partial charge in [0.25, 0.3) is 0 Å². The van der Waals surface area contributed by atoms with Gasteiger partial charge in [-0.3, -0.25) is 4.90 Å². The van der Waals surface area contributed by atoms with Gasteiger partial charge in [-0.05, 0) is 24.6 Å². The highest BCUT2D eigenvalue weighted by Gasteiger charge is 2.24. The molecule has 1 aromatic rings. The van der Waals surface area contributed by atoms with Crippen LogP contribution in [0.5, 0.6) is 0 Å². The smallest absolute Gasteiger partial charge is 0.211 e. The van der Waals surface area contributed by atoms with Crippen LogP contribution in [0.3, 0.4) is 0 Å². The van der Waals surface area contributed by atoms with Crippen LogP contribution in [0.2, 0.25) is 0 Å². The van der Waals surface area contributed by atoms with Crippen LogP contribution in [0.1, 0.15) is 18.5 Å². The largest absolute Gasteiger partial charge is 0.379 e. The van der Waals surface area contributed by atoms with Crippen molar-refractivity contribution in [2.45, 2.75) is 13.0 Å². The first-order chi connectivity index (χ1) is 10.9. The van der Waals surface area contributed by atoms with E-state index in [-0.39, 0.29) is 11.8 Å². The summed E-state index contributed by atoms with van der Waals surface area (Å²) in [6.45, 7) is 5.04. The second kappa shape index (κ2) is 8.10. The summed E-state index contributed by atoms with van der Waals surface area (Å²) in [6, 6.07) is 8.32. The van der Waals surface area contributed by atoms with E-state index in [1.54, 1.807) is 6.92 Å². The Bertz CT molecular complexity index is 581. The number of benzene rings is 1. The Morgan fingerprint density at radius 3 is 2.35 bits per heavy atom. The first kappa shape index (κ1) is 18.2. The zero-order valence-electron chi connectivity index (χ0n) is 14.2. The Morgan fingerprint density at radius 1 is 1.22 bits per heavy atom. The third kappa shape index (κ3) is 5.17. The SMILES string of the molecule is CCS(=O)(=O)NC[C@@H](c1ccc(N(C)C)cc1)N1CCOCC1. The molecule has 0 saturated carbocycles. The van der Waals surface area contributed by atoms with Crippen LogP contribution in [0.4, 0.5) is 5.69 Å². The van der Waals surface area contributed by atoms with Crippen molar-refractivity contribution in [3.63, 3.8) is 0 Å². The normalized spacial score (nSPS) is 17.9. The van der Waals surface area contributed by atoms with E-state index in [9.17, 15) is 8.42 Å². The fourth-order valence-electron chi connectivity index (χ4n) is 2.65. The molecule has 6 nitrogen and oxygen atoms in total. The highest BCUT2D eigenvalue weighted by Crippen LogP contribution is 2.24. The van der Waals surface area contributed by atoms with Crippen LogP contribution in [0, 0.1) is 0 Å². The summed E-state index contributed by atoms with van der Waals surface area (Å²) in [4.78, 5) is 4.33. The van der Waals surface area contributed by atoms with E-state index in [1.165, 1.54) is 0 Å². The second-order valence-corrected chi connectivity index (χ2v) is 8.00. The summed E-state index contributed by atoms with van der Waals surface area (Å²) in [5, 5.41) is 0. The predicted octanol–water partition coefficient (Wildman–Crippen LogP) is 1.07. The van der Waals surface area contributed by atoms with E-state index in [0.29, 0.717) is 19.8 Å². The van der Waals surface area contributed by atoms with Crippen molar-refractivity contribution in [3.8, 4) is 0 Å². The van der Waals surface area contributed by atoms with Gasteiger partial charge in [-0.1, -0.05) is 12.1 Å². The summed E-state index contributed by atoms with van der Waals surface area (Å²) >= 11 is 0. The van der Waals surface area contributed by atoms with Crippen LogP contribution < -0.4 is 9.62 Å². The summed E-state index contributed by atoms with van der Waals surface area (Å²) in [5.41, 5.74) is 2.25. The molecule has 0 amide bonds. The second-order valence-electron chi connectivity index (χ2n) is 5.90. The van der Waals surface area contributed by atoms with E-state index in [2.05, 4.69) is 33.9 Å². The third-order valence-electron chi connectivity index (χ3n) is 4.16. The average molecular weight is 341 g/mol. The molecule has 1 aliphatic heterocycles. The van der Waals surface area contributed by atoms with E-state index in [4.69, 9.17) is 4.74 Å². The maximum absolute atomic E-state index is 11.8. The molecular formula is C16H27N3O3S. The molecule has 0 radical (unpaired) electrons. The number of hydrogen-bond acceptors (Lipinski definition) is 5. The van der Waals surface area contributed by atoms with Gasteiger partial charge < -0.3 is 9.64 Å². The van der Waals surface area contributed by atoms with E-state index in [1.807, 2.05) is 19.0 Å². The molecule has 7 heteroatoms. The zero-order valence-corrected chi connectivity index (χ0v) is 15.0. The number of anilines is 1. The molecule has 1 aliphatic rings. The minimum absolute atomic E-state index is 0.0245. The number of ether oxygens (including phenoxy) is 1. The molecular weight excluding hydrogens is 314 g/mol. The van der Waals surface area contributed by atoms with E-state index >= 15 is 0 Å². The van der Waals surface area contributed by atoms with Crippen molar-refractivity contribution in [1.29, 1.82) is 0 Å². The van der Waals surface area contributed by atoms with E-state index < -0.39 is 10.0 Å². The molecule has 1 saturated heterocycles. The van der Waals surface area contributed by atoms with Gasteiger partial charge in [0.2, 0.25) is 10.0 Å². The van der Waals surface area contributed by atoms with Gasteiger partial charge in [-0.25, -0.2) is 13.1 Å². The highest BCUT2D eigenvalue weighted by atomic mass is 32.2. The number of nitrogens with zero attached hydrogens (tertiary/aromatic N) is 2. The first-order valence-corrected chi connectivity index (χ1v) is 9.64. The van der Waals surface area contributed by atoms with Gasteiger partial charge in [-0.2, -0.15) is 0 Å². The lowest BCUT2D eigenvalue weighted by Crippen LogP contribution is -2.44. The van der Waals surface area contributed by atoms with Crippen LogP contribution in [0.15, 0.2) is 24.3 Å². The minimum Gasteiger partial charge on any atom is -0.379 e. The Morgan fingerprint density at radius 2 is 1.83 bits per heavy atom. The molecule has 1 N–H and O–H groups in total. The van der Waals surface area contributed by atoms with Crippen molar-refractivity contribution in [2.24, 2.45) is 0 Å². The van der Waals surface area contributed by atoms with Gasteiger partial charge >= 0.3 is 0 Å². The number of morpholine rings is 1. The molecule has 1 aromatic carbocycles. The first-order valence-electron chi connectivity index (χ1n) is 7.99. The van der Waals surface area contributed by atoms with Crippen LogP contribution in [-0.4, -0.2) is 66.0 Å². The van der Waals surface area contributed by atoms with Crippen molar-refractivity contribution >= 4 is 15.7 Å². The molecule has 130 valence electrons. The minimum atomic E-state index is -3.20. The number of rotatable bonds is 7. The van der Waals surface area contributed by atoms with Gasteiger partial charge in [0.1, 0.15) is 0 Å². The van der Waals surface area contributed by atoms with Crippen molar-refractivity contribution in [1.82, 2.24) is 9.62 Å². The maximum atomic E-state index is 11.8. The van der Waals surface area contributed by atoms with Crippen LogP contribution in [-0.2, 0) is 14.8 Å². The van der Waals surface area contributed by atoms with Gasteiger partial charge in [-0.15, -0.1) is 0 Å². The summed E-state index contributed by atoms with van der Waals surface area (Å²) in [5.74, 6) is 0.0996. The monoisotopic (exact) mass is 341 g/mol. The lowest BCUT2D eigenvalue weighted by molar-refractivity contribution is 0.0172.